The molecule has 0 bridgehead atoms. The van der Waals surface area contributed by atoms with E-state index in [0.717, 1.165) is 49.2 Å². The van der Waals surface area contributed by atoms with E-state index < -0.39 is 0 Å². The number of aromatic nitrogens is 2. The number of hydrogen-bond acceptors (Lipinski definition) is 6. The van der Waals surface area contributed by atoms with Crippen molar-refractivity contribution in [3.8, 4) is 0 Å². The number of guanidine groups is 1. The van der Waals surface area contributed by atoms with Gasteiger partial charge >= 0.3 is 0 Å². The highest BCUT2D eigenvalue weighted by molar-refractivity contribution is 6.07. The Kier molecular flexibility index (Phi) is 5.38. The summed E-state index contributed by atoms with van der Waals surface area (Å²) in [5, 5.41) is 0. The highest BCUT2D eigenvalue weighted by Gasteiger charge is 2.31. The molecule has 5 rings (SSSR count). The lowest BCUT2D eigenvalue weighted by Gasteiger charge is -2.41. The molecule has 0 N–H and O–H groups in total. The molecule has 158 valence electrons. The molecule has 3 aromatic rings. The van der Waals surface area contributed by atoms with E-state index in [9.17, 15) is 0 Å². The number of fused-ring (bicyclic) bond motifs is 1. The second-order valence-corrected chi connectivity index (χ2v) is 8.32. The Hall–Kier alpha value is -3.25. The molecule has 0 unspecified atom stereocenters. The first-order valence-corrected chi connectivity index (χ1v) is 10.9. The molecule has 6 nitrogen and oxygen atoms in total. The van der Waals surface area contributed by atoms with Crippen molar-refractivity contribution >= 4 is 17.6 Å². The third-order valence-electron chi connectivity index (χ3n) is 5.81. The second-order valence-electron chi connectivity index (χ2n) is 8.32. The Labute approximate surface area is 183 Å². The Bertz CT molecular complexity index is 1070. The Morgan fingerprint density at radius 2 is 1.61 bits per heavy atom. The predicted molar refractivity (Wildman–Crippen MR) is 125 cm³/mol. The van der Waals surface area contributed by atoms with E-state index in [-0.39, 0.29) is 0 Å². The van der Waals surface area contributed by atoms with E-state index >= 15 is 0 Å². The van der Waals surface area contributed by atoms with Crippen molar-refractivity contribution in [3.05, 3.63) is 83.2 Å². The smallest absolute Gasteiger partial charge is 0.233 e. The summed E-state index contributed by atoms with van der Waals surface area (Å²) in [5.74, 6) is 1.67. The van der Waals surface area contributed by atoms with Crippen LogP contribution in [0.1, 0.15) is 28.9 Å². The van der Waals surface area contributed by atoms with Gasteiger partial charge in [-0.1, -0.05) is 48.5 Å². The van der Waals surface area contributed by atoms with Gasteiger partial charge in [-0.15, -0.1) is 0 Å². The summed E-state index contributed by atoms with van der Waals surface area (Å²) in [6.45, 7) is 7.21. The van der Waals surface area contributed by atoms with E-state index in [1.165, 1.54) is 16.8 Å². The number of nitrogens with zero attached hydrogens (tertiary/aromatic N) is 6. The highest BCUT2D eigenvalue weighted by Crippen LogP contribution is 2.29. The van der Waals surface area contributed by atoms with E-state index in [2.05, 4.69) is 69.3 Å². The van der Waals surface area contributed by atoms with Crippen LogP contribution in [-0.4, -0.2) is 40.7 Å². The third kappa shape index (κ3) is 4.16. The molecule has 0 amide bonds. The van der Waals surface area contributed by atoms with Crippen molar-refractivity contribution < 1.29 is 0 Å². The molecule has 2 aromatic carbocycles. The maximum Gasteiger partial charge on any atom is 0.233 e. The lowest BCUT2D eigenvalue weighted by molar-refractivity contribution is 0.270. The monoisotopic (exact) mass is 412 g/mol. The molecule has 0 fully saturated rings. The lowest BCUT2D eigenvalue weighted by atomic mass is 10.0. The zero-order chi connectivity index (χ0) is 21.2. The van der Waals surface area contributed by atoms with Crippen molar-refractivity contribution in [1.82, 2.24) is 14.9 Å². The molecule has 0 aliphatic carbocycles. The molecule has 0 atom stereocenters. The van der Waals surface area contributed by atoms with Crippen LogP contribution < -0.4 is 9.80 Å². The maximum atomic E-state index is 5.06. The minimum atomic E-state index is 0.657. The third-order valence-corrected chi connectivity index (χ3v) is 5.81. The topological polar surface area (TPSA) is 47.9 Å². The van der Waals surface area contributed by atoms with Gasteiger partial charge in [-0.3, -0.25) is 9.80 Å². The van der Waals surface area contributed by atoms with Crippen LogP contribution in [0.4, 0.5) is 11.6 Å². The van der Waals surface area contributed by atoms with Gasteiger partial charge in [-0.2, -0.15) is 0 Å². The van der Waals surface area contributed by atoms with Gasteiger partial charge in [-0.25, -0.2) is 15.0 Å². The number of benzene rings is 2. The summed E-state index contributed by atoms with van der Waals surface area (Å²) >= 11 is 0. The molecule has 2 aliphatic rings. The van der Waals surface area contributed by atoms with E-state index in [1.807, 2.05) is 19.9 Å². The van der Waals surface area contributed by atoms with E-state index in [4.69, 9.17) is 15.0 Å². The van der Waals surface area contributed by atoms with E-state index in [1.54, 1.807) is 0 Å². The molecule has 0 saturated carbocycles. The van der Waals surface area contributed by atoms with Crippen molar-refractivity contribution in [3.63, 3.8) is 0 Å². The average Bonchev–Trinajstić information content (AvgIpc) is 2.79. The number of aryl methyl sites for hydroxylation is 3. The van der Waals surface area contributed by atoms with Crippen LogP contribution in [0.15, 0.2) is 65.7 Å². The molecule has 2 aliphatic heterocycles. The predicted octanol–water partition coefficient (Wildman–Crippen LogP) is 4.14. The van der Waals surface area contributed by atoms with Gasteiger partial charge in [-0.05, 0) is 49.9 Å². The number of para-hydroxylation sites is 1. The molecule has 6 heteroatoms. The number of rotatable bonds is 3. The average molecular weight is 413 g/mol. The Balaban J connectivity index is 1.52. The lowest BCUT2D eigenvalue weighted by Crippen LogP contribution is -2.54. The number of hydrogen-bond donors (Lipinski definition) is 0. The molecule has 31 heavy (non-hydrogen) atoms. The zero-order valence-corrected chi connectivity index (χ0v) is 18.2. The molecular weight excluding hydrogens is 384 g/mol. The molecule has 1 aromatic heterocycles. The summed E-state index contributed by atoms with van der Waals surface area (Å²) in [6.07, 6.45) is 2.23. The second kappa shape index (κ2) is 8.47. The van der Waals surface area contributed by atoms with Crippen LogP contribution in [-0.2, 0) is 13.0 Å². The molecule has 0 saturated heterocycles. The minimum absolute atomic E-state index is 0.657. The van der Waals surface area contributed by atoms with Crippen LogP contribution in [0, 0.1) is 13.8 Å². The highest BCUT2D eigenvalue weighted by atomic mass is 15.5. The van der Waals surface area contributed by atoms with Crippen LogP contribution in [0.25, 0.3) is 0 Å². The SMILES string of the molecule is Cc1cc(C)nc(N2CN(Cc3ccccc3)CN=C2N2CCCc3ccccc32)n1. The van der Waals surface area contributed by atoms with Crippen molar-refractivity contribution in [2.75, 3.05) is 29.7 Å². The van der Waals surface area contributed by atoms with Gasteiger partial charge in [0.1, 0.15) is 0 Å². The molecule has 0 spiro atoms. The van der Waals surface area contributed by atoms with E-state index in [0.29, 0.717) is 13.3 Å². The maximum absolute atomic E-state index is 5.06. The first kappa shape index (κ1) is 19.7. The standard InChI is InChI=1S/C25H28N6/c1-19-15-20(2)28-24(27-19)31-18-29(16-21-9-4-3-5-10-21)17-26-25(31)30-14-8-12-22-11-6-7-13-23(22)30/h3-7,9-11,13,15H,8,12,14,16-18H2,1-2H3. The molecule has 3 heterocycles. The summed E-state index contributed by atoms with van der Waals surface area (Å²) in [5.41, 5.74) is 5.86. The largest absolute Gasteiger partial charge is 0.312 e. The number of aliphatic imine (C=N–C) groups is 1. The summed E-state index contributed by atoms with van der Waals surface area (Å²) < 4.78 is 0. The normalized spacial score (nSPS) is 16.8. The van der Waals surface area contributed by atoms with Crippen molar-refractivity contribution in [2.45, 2.75) is 33.2 Å². The molecular formula is C25H28N6. The fourth-order valence-corrected chi connectivity index (χ4v) is 4.45. The zero-order valence-electron chi connectivity index (χ0n) is 18.2. The quantitative estimate of drug-likeness (QED) is 0.647. The minimum Gasteiger partial charge on any atom is -0.312 e. The summed E-state index contributed by atoms with van der Waals surface area (Å²) in [6, 6.07) is 21.2. The molecule has 0 radical (unpaired) electrons. The van der Waals surface area contributed by atoms with Gasteiger partial charge in [0, 0.05) is 30.2 Å². The first-order chi connectivity index (χ1) is 15.2. The Morgan fingerprint density at radius 3 is 2.42 bits per heavy atom. The van der Waals surface area contributed by atoms with Crippen LogP contribution in [0.2, 0.25) is 0 Å². The fraction of sp³-hybridized carbons (Fsp3) is 0.320. The van der Waals surface area contributed by atoms with Gasteiger partial charge in [0.15, 0.2) is 0 Å². The van der Waals surface area contributed by atoms with Crippen LogP contribution >= 0.6 is 0 Å². The number of anilines is 2. The summed E-state index contributed by atoms with van der Waals surface area (Å²) in [4.78, 5) is 21.5. The van der Waals surface area contributed by atoms with Crippen molar-refractivity contribution in [2.24, 2.45) is 4.99 Å². The Morgan fingerprint density at radius 1 is 0.871 bits per heavy atom. The van der Waals surface area contributed by atoms with Gasteiger partial charge in [0.05, 0.1) is 13.3 Å². The fourth-order valence-electron chi connectivity index (χ4n) is 4.45. The van der Waals surface area contributed by atoms with Crippen LogP contribution in [0.3, 0.4) is 0 Å². The van der Waals surface area contributed by atoms with Crippen LogP contribution in [0.5, 0.6) is 0 Å². The summed E-state index contributed by atoms with van der Waals surface area (Å²) in [7, 11) is 0. The van der Waals surface area contributed by atoms with Gasteiger partial charge < -0.3 is 4.90 Å². The van der Waals surface area contributed by atoms with Gasteiger partial charge in [0.25, 0.3) is 0 Å². The van der Waals surface area contributed by atoms with Crippen molar-refractivity contribution in [1.29, 1.82) is 0 Å². The van der Waals surface area contributed by atoms with Gasteiger partial charge in [0.2, 0.25) is 11.9 Å². The first-order valence-electron chi connectivity index (χ1n) is 10.9.